The lowest BCUT2D eigenvalue weighted by Gasteiger charge is -2.25. The Morgan fingerprint density at radius 3 is 2.57 bits per heavy atom. The third kappa shape index (κ3) is 2.98. The molecule has 0 aromatic heterocycles. The molecule has 2 aliphatic heterocycles. The Labute approximate surface area is 137 Å². The minimum atomic E-state index is 0.00711. The van der Waals surface area contributed by atoms with Crippen molar-refractivity contribution in [2.45, 2.75) is 38.8 Å². The molecule has 1 aromatic carbocycles. The van der Waals surface area contributed by atoms with Gasteiger partial charge in [0, 0.05) is 32.2 Å². The van der Waals surface area contributed by atoms with E-state index < -0.39 is 0 Å². The maximum absolute atomic E-state index is 12.9. The molecule has 5 nitrogen and oxygen atoms in total. The van der Waals surface area contributed by atoms with Gasteiger partial charge >= 0.3 is 0 Å². The summed E-state index contributed by atoms with van der Waals surface area (Å²) in [6.45, 7) is 5.88. The number of benzene rings is 1. The first-order valence-corrected chi connectivity index (χ1v) is 8.19. The molecule has 2 heterocycles. The van der Waals surface area contributed by atoms with Gasteiger partial charge in [-0.05, 0) is 32.4 Å². The second-order valence-electron chi connectivity index (χ2n) is 6.58. The van der Waals surface area contributed by atoms with Gasteiger partial charge in [0.05, 0.1) is 18.7 Å². The van der Waals surface area contributed by atoms with Crippen LogP contribution in [0.1, 0.15) is 34.3 Å². The molecule has 3 rings (SSSR count). The maximum atomic E-state index is 12.9. The molecule has 2 saturated heterocycles. The summed E-state index contributed by atoms with van der Waals surface area (Å²) in [5, 5.41) is 0. The Morgan fingerprint density at radius 2 is 1.91 bits per heavy atom. The van der Waals surface area contributed by atoms with Gasteiger partial charge in [-0.15, -0.1) is 0 Å². The Morgan fingerprint density at radius 1 is 1.22 bits per heavy atom. The van der Waals surface area contributed by atoms with E-state index in [4.69, 9.17) is 4.74 Å². The summed E-state index contributed by atoms with van der Waals surface area (Å²) in [7, 11) is 1.64. The fraction of sp³-hybridized carbons (Fsp3) is 0.556. The maximum Gasteiger partial charge on any atom is 0.254 e. The van der Waals surface area contributed by atoms with Crippen LogP contribution in [0.4, 0.5) is 0 Å². The summed E-state index contributed by atoms with van der Waals surface area (Å²) < 4.78 is 5.10. The number of likely N-dealkylation sites (tertiary alicyclic amines) is 2. The van der Waals surface area contributed by atoms with E-state index in [1.165, 1.54) is 0 Å². The largest absolute Gasteiger partial charge is 0.383 e. The van der Waals surface area contributed by atoms with E-state index >= 15 is 0 Å². The van der Waals surface area contributed by atoms with Crippen LogP contribution in [0.5, 0.6) is 0 Å². The number of nitrogens with zero attached hydrogens (tertiary/aromatic N) is 2. The molecule has 0 radical (unpaired) electrons. The number of hydrogen-bond acceptors (Lipinski definition) is 3. The highest BCUT2D eigenvalue weighted by Gasteiger charge is 2.48. The fourth-order valence-corrected chi connectivity index (χ4v) is 3.92. The van der Waals surface area contributed by atoms with Gasteiger partial charge in [-0.3, -0.25) is 9.59 Å². The number of aryl methyl sites for hydroxylation is 2. The molecule has 2 aliphatic rings. The molecular formula is C18H24N2O3. The Bertz CT molecular complexity index is 608. The van der Waals surface area contributed by atoms with Gasteiger partial charge in [-0.1, -0.05) is 17.2 Å². The number of amides is 2. The van der Waals surface area contributed by atoms with E-state index in [0.717, 1.165) is 29.7 Å². The number of fused-ring (bicyclic) bond motifs is 1. The number of rotatable bonds is 4. The van der Waals surface area contributed by atoms with Crippen LogP contribution in [0, 0.1) is 13.8 Å². The molecule has 2 fully saturated rings. The van der Waals surface area contributed by atoms with Crippen molar-refractivity contribution in [1.82, 2.24) is 9.80 Å². The Kier molecular flexibility index (Phi) is 4.39. The van der Waals surface area contributed by atoms with Crippen molar-refractivity contribution in [1.29, 1.82) is 0 Å². The van der Waals surface area contributed by atoms with Gasteiger partial charge in [-0.25, -0.2) is 0 Å². The number of carbonyl (C=O) groups excluding carboxylic acids is 2. The molecule has 0 N–H and O–H groups in total. The van der Waals surface area contributed by atoms with E-state index in [2.05, 4.69) is 6.07 Å². The zero-order chi connectivity index (χ0) is 16.6. The van der Waals surface area contributed by atoms with Crippen molar-refractivity contribution < 1.29 is 14.3 Å². The Hall–Kier alpha value is -1.88. The molecule has 0 spiro atoms. The zero-order valence-corrected chi connectivity index (χ0v) is 14.0. The van der Waals surface area contributed by atoms with Crippen molar-refractivity contribution in [2.24, 2.45) is 0 Å². The molecule has 23 heavy (non-hydrogen) atoms. The summed E-state index contributed by atoms with van der Waals surface area (Å²) >= 11 is 0. The third-order valence-electron chi connectivity index (χ3n) is 4.88. The predicted molar refractivity (Wildman–Crippen MR) is 87.4 cm³/mol. The number of hydrogen-bond donors (Lipinski definition) is 0. The van der Waals surface area contributed by atoms with Gasteiger partial charge in [0.2, 0.25) is 5.91 Å². The van der Waals surface area contributed by atoms with Crippen LogP contribution in [0.15, 0.2) is 18.2 Å². The number of methoxy groups -OCH3 is 1. The molecule has 0 saturated carbocycles. The molecule has 2 atom stereocenters. The van der Waals surface area contributed by atoms with Crippen LogP contribution in [-0.4, -0.2) is 60.5 Å². The summed E-state index contributed by atoms with van der Waals surface area (Å²) in [5.74, 6) is 0.181. The lowest BCUT2D eigenvalue weighted by molar-refractivity contribution is -0.129. The highest BCUT2D eigenvalue weighted by molar-refractivity contribution is 5.96. The SMILES string of the molecule is COCCN1C(=O)C[C@@H]2[C@H]1CCN2C(=O)c1cc(C)cc(C)c1. The first-order chi connectivity index (χ1) is 11.0. The topological polar surface area (TPSA) is 49.9 Å². The van der Waals surface area contributed by atoms with Crippen LogP contribution in [-0.2, 0) is 9.53 Å². The normalized spacial score (nSPS) is 23.5. The first kappa shape index (κ1) is 16.0. The average molecular weight is 316 g/mol. The lowest BCUT2D eigenvalue weighted by Crippen LogP contribution is -2.40. The van der Waals surface area contributed by atoms with Crippen LogP contribution in [0.3, 0.4) is 0 Å². The molecule has 1 aromatic rings. The highest BCUT2D eigenvalue weighted by atomic mass is 16.5. The quantitative estimate of drug-likeness (QED) is 0.850. The minimum absolute atomic E-state index is 0.00711. The van der Waals surface area contributed by atoms with E-state index in [1.807, 2.05) is 35.8 Å². The minimum Gasteiger partial charge on any atom is -0.383 e. The average Bonchev–Trinajstić information content (AvgIpc) is 3.02. The second kappa shape index (κ2) is 6.32. The van der Waals surface area contributed by atoms with Crippen molar-refractivity contribution in [3.8, 4) is 0 Å². The number of ether oxygens (including phenoxy) is 1. The van der Waals surface area contributed by atoms with E-state index in [-0.39, 0.29) is 23.9 Å². The first-order valence-electron chi connectivity index (χ1n) is 8.19. The molecule has 5 heteroatoms. The second-order valence-corrected chi connectivity index (χ2v) is 6.58. The van der Waals surface area contributed by atoms with Gasteiger partial charge in [-0.2, -0.15) is 0 Å². The van der Waals surface area contributed by atoms with Gasteiger partial charge < -0.3 is 14.5 Å². The third-order valence-corrected chi connectivity index (χ3v) is 4.88. The molecule has 124 valence electrons. The van der Waals surface area contributed by atoms with Crippen molar-refractivity contribution in [3.05, 3.63) is 34.9 Å². The lowest BCUT2D eigenvalue weighted by atomic mass is 10.1. The van der Waals surface area contributed by atoms with Crippen LogP contribution in [0.25, 0.3) is 0 Å². The molecule has 0 bridgehead atoms. The standard InChI is InChI=1S/C18H24N2O3/c1-12-8-13(2)10-14(9-12)18(22)20-5-4-15-16(20)11-17(21)19(15)6-7-23-3/h8-10,15-16H,4-7,11H2,1-3H3/t15-,16-/m1/s1. The van der Waals surface area contributed by atoms with E-state index in [1.54, 1.807) is 7.11 Å². The number of carbonyl (C=O) groups is 2. The van der Waals surface area contributed by atoms with Crippen LogP contribution in [0.2, 0.25) is 0 Å². The van der Waals surface area contributed by atoms with Crippen molar-refractivity contribution in [3.63, 3.8) is 0 Å². The molecule has 0 unspecified atom stereocenters. The molecule has 0 aliphatic carbocycles. The van der Waals surface area contributed by atoms with E-state index in [9.17, 15) is 9.59 Å². The summed E-state index contributed by atoms with van der Waals surface area (Å²) in [5.41, 5.74) is 2.91. The monoisotopic (exact) mass is 316 g/mol. The van der Waals surface area contributed by atoms with Gasteiger partial charge in [0.15, 0.2) is 0 Å². The summed E-state index contributed by atoms with van der Waals surface area (Å²) in [4.78, 5) is 28.9. The summed E-state index contributed by atoms with van der Waals surface area (Å²) in [6.07, 6.45) is 1.29. The Balaban J connectivity index is 1.78. The molecule has 2 amide bonds. The van der Waals surface area contributed by atoms with Crippen LogP contribution >= 0.6 is 0 Å². The van der Waals surface area contributed by atoms with Gasteiger partial charge in [0.1, 0.15) is 0 Å². The van der Waals surface area contributed by atoms with Gasteiger partial charge in [0.25, 0.3) is 5.91 Å². The fourth-order valence-electron chi connectivity index (χ4n) is 3.92. The zero-order valence-electron chi connectivity index (χ0n) is 14.0. The van der Waals surface area contributed by atoms with Crippen LogP contribution < -0.4 is 0 Å². The van der Waals surface area contributed by atoms with E-state index in [0.29, 0.717) is 19.6 Å². The highest BCUT2D eigenvalue weighted by Crippen LogP contribution is 2.33. The smallest absolute Gasteiger partial charge is 0.254 e. The van der Waals surface area contributed by atoms with Crippen molar-refractivity contribution in [2.75, 3.05) is 26.8 Å². The summed E-state index contributed by atoms with van der Waals surface area (Å²) in [6, 6.07) is 6.08. The molecular weight excluding hydrogens is 292 g/mol. The predicted octanol–water partition coefficient (Wildman–Crippen LogP) is 1.77. The van der Waals surface area contributed by atoms with Crippen molar-refractivity contribution >= 4 is 11.8 Å².